The van der Waals surface area contributed by atoms with Crippen molar-refractivity contribution in [2.45, 2.75) is 19.3 Å². The number of nitrogens with one attached hydrogen (secondary N) is 1. The molecule has 1 amide bonds. The Bertz CT molecular complexity index is 404. The second kappa shape index (κ2) is 6.45. The number of amides is 1. The van der Waals surface area contributed by atoms with Crippen molar-refractivity contribution in [1.82, 2.24) is 20.4 Å². The number of carbonyl (C=O) groups is 1. The van der Waals surface area contributed by atoms with Gasteiger partial charge in [-0.25, -0.2) is 0 Å². The SMILES string of the molecule is CN1CCC(CCNC(=O)c2nnc(Cl)s2)CC1. The predicted octanol–water partition coefficient (Wildman–Crippen LogP) is 1.65. The maximum Gasteiger partial charge on any atom is 0.282 e. The number of nitrogens with zero attached hydrogens (tertiary/aromatic N) is 3. The Morgan fingerprint density at radius 1 is 1.50 bits per heavy atom. The lowest BCUT2D eigenvalue weighted by atomic mass is 9.94. The van der Waals surface area contributed by atoms with E-state index in [4.69, 9.17) is 11.6 Å². The zero-order valence-corrected chi connectivity index (χ0v) is 11.9. The topological polar surface area (TPSA) is 58.1 Å². The highest BCUT2D eigenvalue weighted by atomic mass is 35.5. The molecule has 5 nitrogen and oxygen atoms in total. The fourth-order valence-corrected chi connectivity index (χ4v) is 2.86. The molecule has 0 aliphatic carbocycles. The van der Waals surface area contributed by atoms with E-state index in [-0.39, 0.29) is 5.91 Å². The lowest BCUT2D eigenvalue weighted by Gasteiger charge is -2.28. The molecule has 1 N–H and O–H groups in total. The van der Waals surface area contributed by atoms with Crippen molar-refractivity contribution in [1.29, 1.82) is 0 Å². The number of halogens is 1. The van der Waals surface area contributed by atoms with Crippen molar-refractivity contribution in [2.75, 3.05) is 26.7 Å². The second-order valence-electron chi connectivity index (χ2n) is 4.65. The molecule has 0 aromatic carbocycles. The predicted molar refractivity (Wildman–Crippen MR) is 72.1 cm³/mol. The Labute approximate surface area is 116 Å². The highest BCUT2D eigenvalue weighted by Gasteiger charge is 2.17. The summed E-state index contributed by atoms with van der Waals surface area (Å²) < 4.78 is 0.301. The first-order chi connectivity index (χ1) is 8.65. The van der Waals surface area contributed by atoms with Crippen LogP contribution in [0.2, 0.25) is 4.47 Å². The maximum absolute atomic E-state index is 11.7. The van der Waals surface area contributed by atoms with Crippen molar-refractivity contribution < 1.29 is 4.79 Å². The molecule has 0 saturated carbocycles. The molecular weight excluding hydrogens is 272 g/mol. The van der Waals surface area contributed by atoms with Crippen molar-refractivity contribution in [3.63, 3.8) is 0 Å². The van der Waals surface area contributed by atoms with Crippen molar-refractivity contribution in [3.05, 3.63) is 9.47 Å². The Morgan fingerprint density at radius 3 is 2.83 bits per heavy atom. The van der Waals surface area contributed by atoms with Crippen LogP contribution in [0.1, 0.15) is 29.1 Å². The smallest absolute Gasteiger partial charge is 0.282 e. The number of carbonyl (C=O) groups excluding carboxylic acids is 1. The molecule has 18 heavy (non-hydrogen) atoms. The summed E-state index contributed by atoms with van der Waals surface area (Å²) in [4.78, 5) is 14.0. The number of rotatable bonds is 4. The van der Waals surface area contributed by atoms with Crippen molar-refractivity contribution in [3.8, 4) is 0 Å². The van der Waals surface area contributed by atoms with E-state index in [2.05, 4.69) is 27.5 Å². The molecule has 1 saturated heterocycles. The first-order valence-electron chi connectivity index (χ1n) is 6.11. The molecule has 0 radical (unpaired) electrons. The van der Waals surface area contributed by atoms with Gasteiger partial charge < -0.3 is 10.2 Å². The van der Waals surface area contributed by atoms with Crippen molar-refractivity contribution >= 4 is 28.8 Å². The van der Waals surface area contributed by atoms with Crippen LogP contribution in [-0.2, 0) is 0 Å². The van der Waals surface area contributed by atoms with E-state index in [1.807, 2.05) is 0 Å². The second-order valence-corrected chi connectivity index (χ2v) is 6.21. The van der Waals surface area contributed by atoms with E-state index in [9.17, 15) is 4.79 Å². The monoisotopic (exact) mass is 288 g/mol. The van der Waals surface area contributed by atoms with Gasteiger partial charge in [0.15, 0.2) is 0 Å². The molecule has 0 spiro atoms. The van der Waals surface area contributed by atoms with Gasteiger partial charge in [-0.2, -0.15) is 0 Å². The molecule has 2 rings (SSSR count). The van der Waals surface area contributed by atoms with E-state index in [0.717, 1.165) is 36.8 Å². The lowest BCUT2D eigenvalue weighted by Crippen LogP contribution is -2.32. The summed E-state index contributed by atoms with van der Waals surface area (Å²) in [5.41, 5.74) is 0. The average molecular weight is 289 g/mol. The molecule has 1 aliphatic heterocycles. The van der Waals surface area contributed by atoms with Gasteiger partial charge in [-0.3, -0.25) is 4.79 Å². The van der Waals surface area contributed by atoms with Gasteiger partial charge in [0.2, 0.25) is 9.47 Å². The summed E-state index contributed by atoms with van der Waals surface area (Å²) in [6.07, 6.45) is 3.47. The fraction of sp³-hybridized carbons (Fsp3) is 0.727. The number of hydrogen-bond acceptors (Lipinski definition) is 5. The summed E-state index contributed by atoms with van der Waals surface area (Å²) in [5.74, 6) is 0.548. The number of piperidine rings is 1. The fourth-order valence-electron chi connectivity index (χ4n) is 2.11. The molecule has 1 aliphatic rings. The Balaban J connectivity index is 1.67. The molecule has 2 heterocycles. The van der Waals surface area contributed by atoms with Crippen LogP contribution in [-0.4, -0.2) is 47.7 Å². The van der Waals surface area contributed by atoms with Crippen LogP contribution < -0.4 is 5.32 Å². The summed E-state index contributed by atoms with van der Waals surface area (Å²) in [7, 11) is 2.15. The summed E-state index contributed by atoms with van der Waals surface area (Å²) in [6, 6.07) is 0. The van der Waals surface area contributed by atoms with Crippen LogP contribution in [0.4, 0.5) is 0 Å². The zero-order chi connectivity index (χ0) is 13.0. The van der Waals surface area contributed by atoms with Crippen LogP contribution in [0, 0.1) is 5.92 Å². The average Bonchev–Trinajstić information content (AvgIpc) is 2.78. The minimum absolute atomic E-state index is 0.174. The van der Waals surface area contributed by atoms with Gasteiger partial charge >= 0.3 is 0 Å². The quantitative estimate of drug-likeness (QED) is 0.915. The third-order valence-electron chi connectivity index (χ3n) is 3.27. The maximum atomic E-state index is 11.7. The van der Waals surface area contributed by atoms with Crippen LogP contribution >= 0.6 is 22.9 Å². The first kappa shape index (κ1) is 13.7. The zero-order valence-electron chi connectivity index (χ0n) is 10.4. The minimum atomic E-state index is -0.174. The molecule has 0 bridgehead atoms. The highest BCUT2D eigenvalue weighted by Crippen LogP contribution is 2.19. The van der Waals surface area contributed by atoms with Gasteiger partial charge in [-0.05, 0) is 56.9 Å². The molecular formula is C11H17ClN4OS. The summed E-state index contributed by atoms with van der Waals surface area (Å²) in [6.45, 7) is 3.01. The molecule has 1 aromatic heterocycles. The molecule has 100 valence electrons. The van der Waals surface area contributed by atoms with Gasteiger partial charge in [0, 0.05) is 6.54 Å². The van der Waals surface area contributed by atoms with E-state index < -0.39 is 0 Å². The molecule has 0 atom stereocenters. The Kier molecular flexibility index (Phi) is 4.91. The normalized spacial score (nSPS) is 17.9. The third kappa shape index (κ3) is 3.90. The number of likely N-dealkylation sites (tertiary alicyclic amines) is 1. The summed E-state index contributed by atoms with van der Waals surface area (Å²) >= 11 is 6.74. The minimum Gasteiger partial charge on any atom is -0.350 e. The van der Waals surface area contributed by atoms with Gasteiger partial charge in [-0.15, -0.1) is 10.2 Å². The first-order valence-corrected chi connectivity index (χ1v) is 7.30. The Morgan fingerprint density at radius 2 is 2.22 bits per heavy atom. The van der Waals surface area contributed by atoms with Crippen LogP contribution in [0.25, 0.3) is 0 Å². The van der Waals surface area contributed by atoms with Gasteiger partial charge in [0.1, 0.15) is 0 Å². The van der Waals surface area contributed by atoms with Crippen LogP contribution in [0.5, 0.6) is 0 Å². The Hall–Kier alpha value is -0.720. The van der Waals surface area contributed by atoms with Gasteiger partial charge in [-0.1, -0.05) is 11.3 Å². The van der Waals surface area contributed by atoms with E-state index in [1.54, 1.807) is 0 Å². The van der Waals surface area contributed by atoms with Gasteiger partial charge in [0.05, 0.1) is 0 Å². The van der Waals surface area contributed by atoms with E-state index in [1.165, 1.54) is 12.8 Å². The van der Waals surface area contributed by atoms with Crippen molar-refractivity contribution in [2.24, 2.45) is 5.92 Å². The van der Waals surface area contributed by atoms with E-state index in [0.29, 0.717) is 16.0 Å². The highest BCUT2D eigenvalue weighted by molar-refractivity contribution is 7.17. The van der Waals surface area contributed by atoms with Crippen LogP contribution in [0.15, 0.2) is 0 Å². The summed E-state index contributed by atoms with van der Waals surface area (Å²) in [5, 5.41) is 10.5. The lowest BCUT2D eigenvalue weighted by molar-refractivity contribution is 0.0948. The largest absolute Gasteiger partial charge is 0.350 e. The standard InChI is InChI=1S/C11H17ClN4OS/c1-16-6-3-8(4-7-16)2-5-13-9(17)10-14-15-11(12)18-10/h8H,2-7H2,1H3,(H,13,17). The molecule has 1 fully saturated rings. The third-order valence-corrected chi connectivity index (χ3v) is 4.29. The van der Waals surface area contributed by atoms with Gasteiger partial charge in [0.25, 0.3) is 5.91 Å². The molecule has 0 unspecified atom stereocenters. The van der Waals surface area contributed by atoms with Crippen LogP contribution in [0.3, 0.4) is 0 Å². The van der Waals surface area contributed by atoms with E-state index >= 15 is 0 Å². The molecule has 7 heteroatoms. The number of aromatic nitrogens is 2. The number of hydrogen-bond donors (Lipinski definition) is 1. The molecule has 1 aromatic rings.